The smallest absolute Gasteiger partial charge is 0.412 e. The molecule has 1 aromatic heterocycles. The third-order valence-electron chi connectivity index (χ3n) is 10.5. The number of pyridine rings is 1. The number of para-hydroxylation sites is 1. The van der Waals surface area contributed by atoms with Crippen LogP contribution in [-0.4, -0.2) is 82.5 Å². The lowest BCUT2D eigenvalue weighted by atomic mass is 9.81. The molecule has 1 saturated heterocycles. The van der Waals surface area contributed by atoms with Crippen molar-refractivity contribution in [2.24, 2.45) is 11.8 Å². The third-order valence-corrected chi connectivity index (χ3v) is 10.5. The number of fused-ring (bicyclic) bond motifs is 1. The molecule has 4 aromatic rings. The maximum atomic E-state index is 12.8. The first-order valence-electron chi connectivity index (χ1n) is 18.2. The third kappa shape index (κ3) is 9.15. The number of H-pyrrole nitrogens is 1. The van der Waals surface area contributed by atoms with Crippen molar-refractivity contribution < 1.29 is 24.9 Å². The molecule has 1 saturated carbocycles. The van der Waals surface area contributed by atoms with Crippen LogP contribution in [-0.2, 0) is 4.79 Å². The number of hydrogen-bond acceptors (Lipinski definition) is 7. The second-order valence-electron chi connectivity index (χ2n) is 14.0. The second-order valence-corrected chi connectivity index (χ2v) is 14.0. The van der Waals surface area contributed by atoms with Gasteiger partial charge in [0.25, 0.3) is 0 Å². The average molecular weight is 696 g/mol. The standard InChI is InChI=1S/C40H49N5O6/c46-35-15-13-32(33-14-16-38(49)43-39(33)35)36(47)26-41-24-27-7-6-8-28(23-27)25-42-37(48)19-22-44-20-17-30(18-21-44)45(40(50)51)34-12-5-4-11-31(34)29-9-2-1-3-10-29/h1-5,9-16,27-28,30,36,41,46-47H,6-8,17-26H2,(H,42,48)(H,43,49)(H,50,51)/t27?,28?,36-/m0/s1. The molecule has 6 rings (SSSR count). The van der Waals surface area contributed by atoms with E-state index in [0.717, 1.165) is 56.4 Å². The van der Waals surface area contributed by atoms with E-state index in [-0.39, 0.29) is 23.3 Å². The van der Waals surface area contributed by atoms with Gasteiger partial charge in [-0.25, -0.2) is 4.79 Å². The lowest BCUT2D eigenvalue weighted by molar-refractivity contribution is -0.121. The van der Waals surface area contributed by atoms with Crippen molar-refractivity contribution in [3.05, 3.63) is 94.8 Å². The monoisotopic (exact) mass is 695 g/mol. The molecule has 2 aliphatic rings. The highest BCUT2D eigenvalue weighted by atomic mass is 16.4. The van der Waals surface area contributed by atoms with Gasteiger partial charge < -0.3 is 35.8 Å². The number of carbonyl (C=O) groups excluding carboxylic acids is 1. The molecule has 1 aliphatic carbocycles. The fraction of sp³-hybridized carbons (Fsp3) is 0.425. The number of likely N-dealkylation sites (tertiary alicyclic amines) is 1. The Morgan fingerprint density at radius 2 is 1.63 bits per heavy atom. The van der Waals surface area contributed by atoms with Crippen molar-refractivity contribution in [1.82, 2.24) is 20.5 Å². The number of anilines is 1. The summed E-state index contributed by atoms with van der Waals surface area (Å²) in [5.41, 5.74) is 3.25. The Morgan fingerprint density at radius 1 is 0.902 bits per heavy atom. The number of aromatic hydroxyl groups is 1. The summed E-state index contributed by atoms with van der Waals surface area (Å²) in [5, 5.41) is 38.5. The van der Waals surface area contributed by atoms with Crippen LogP contribution in [0.15, 0.2) is 83.7 Å². The van der Waals surface area contributed by atoms with Crippen molar-refractivity contribution in [2.75, 3.05) is 44.2 Å². The number of carbonyl (C=O) groups is 2. The van der Waals surface area contributed by atoms with Gasteiger partial charge in [0.05, 0.1) is 17.3 Å². The average Bonchev–Trinajstić information content (AvgIpc) is 3.14. The number of amides is 2. The van der Waals surface area contributed by atoms with Gasteiger partial charge in [0, 0.05) is 62.2 Å². The van der Waals surface area contributed by atoms with E-state index in [1.807, 2.05) is 54.6 Å². The van der Waals surface area contributed by atoms with E-state index >= 15 is 0 Å². The Bertz CT molecular complexity index is 1840. The highest BCUT2D eigenvalue weighted by Crippen LogP contribution is 2.34. The number of rotatable bonds is 13. The molecule has 3 aromatic carbocycles. The number of nitrogens with zero attached hydrogens (tertiary/aromatic N) is 2. The van der Waals surface area contributed by atoms with Crippen LogP contribution in [0.3, 0.4) is 0 Å². The van der Waals surface area contributed by atoms with Gasteiger partial charge >= 0.3 is 6.09 Å². The van der Waals surface area contributed by atoms with Crippen LogP contribution in [0.1, 0.15) is 56.6 Å². The summed E-state index contributed by atoms with van der Waals surface area (Å²) >= 11 is 0. The summed E-state index contributed by atoms with van der Waals surface area (Å²) in [7, 11) is 0. The molecule has 51 heavy (non-hydrogen) atoms. The molecule has 0 spiro atoms. The second kappa shape index (κ2) is 17.0. The first kappa shape index (κ1) is 36.1. The summed E-state index contributed by atoms with van der Waals surface area (Å²) in [4.78, 5) is 43.5. The van der Waals surface area contributed by atoms with Crippen LogP contribution in [0.2, 0.25) is 0 Å². The van der Waals surface area contributed by atoms with Gasteiger partial charge in [-0.2, -0.15) is 0 Å². The summed E-state index contributed by atoms with van der Waals surface area (Å²) in [6, 6.07) is 23.6. The van der Waals surface area contributed by atoms with E-state index in [2.05, 4.69) is 20.5 Å². The minimum absolute atomic E-state index is 0.0295. The number of benzene rings is 3. The fourth-order valence-corrected chi connectivity index (χ4v) is 7.87. The lowest BCUT2D eigenvalue weighted by Crippen LogP contribution is -2.48. The van der Waals surface area contributed by atoms with Gasteiger partial charge in [0.2, 0.25) is 11.5 Å². The summed E-state index contributed by atoms with van der Waals surface area (Å²) in [6.45, 7) is 3.91. The van der Waals surface area contributed by atoms with Crippen molar-refractivity contribution in [3.63, 3.8) is 0 Å². The van der Waals surface area contributed by atoms with Gasteiger partial charge in [0.15, 0.2) is 0 Å². The maximum absolute atomic E-state index is 12.8. The van der Waals surface area contributed by atoms with Crippen molar-refractivity contribution in [3.8, 4) is 16.9 Å². The topological polar surface area (TPSA) is 158 Å². The zero-order valence-corrected chi connectivity index (χ0v) is 29.0. The van der Waals surface area contributed by atoms with E-state index < -0.39 is 12.2 Å². The quantitative estimate of drug-likeness (QED) is 0.107. The normalized spacial score (nSPS) is 19.1. The number of phenols is 1. The van der Waals surface area contributed by atoms with E-state index in [4.69, 9.17) is 0 Å². The molecule has 3 atom stereocenters. The Labute approximate surface area is 298 Å². The molecule has 2 amide bonds. The molecular formula is C40H49N5O6. The van der Waals surface area contributed by atoms with Gasteiger partial charge in [-0.15, -0.1) is 0 Å². The number of aliphatic hydroxyl groups is 1. The molecule has 2 heterocycles. The molecule has 0 radical (unpaired) electrons. The minimum Gasteiger partial charge on any atom is -0.506 e. The van der Waals surface area contributed by atoms with E-state index in [0.29, 0.717) is 72.9 Å². The summed E-state index contributed by atoms with van der Waals surface area (Å²) in [6.07, 6.45) is 4.38. The predicted octanol–water partition coefficient (Wildman–Crippen LogP) is 5.49. The van der Waals surface area contributed by atoms with Crippen molar-refractivity contribution in [2.45, 2.75) is 57.1 Å². The number of carboxylic acid groups (broad SMARTS) is 1. The fourth-order valence-electron chi connectivity index (χ4n) is 7.87. The number of phenolic OH excluding ortho intramolecular Hbond substituents is 1. The van der Waals surface area contributed by atoms with Crippen LogP contribution < -0.4 is 21.1 Å². The van der Waals surface area contributed by atoms with Gasteiger partial charge in [-0.1, -0.05) is 61.0 Å². The molecule has 0 bridgehead atoms. The molecule has 270 valence electrons. The van der Waals surface area contributed by atoms with Gasteiger partial charge in [-0.3, -0.25) is 14.5 Å². The molecule has 2 fully saturated rings. The molecule has 6 N–H and O–H groups in total. The van der Waals surface area contributed by atoms with E-state index in [9.17, 15) is 29.7 Å². The Hall–Kier alpha value is -4.71. The highest BCUT2D eigenvalue weighted by molar-refractivity contribution is 5.93. The molecule has 11 nitrogen and oxygen atoms in total. The Morgan fingerprint density at radius 3 is 2.39 bits per heavy atom. The first-order valence-corrected chi connectivity index (χ1v) is 18.2. The Kier molecular flexibility index (Phi) is 12.0. The zero-order valence-electron chi connectivity index (χ0n) is 29.0. The SMILES string of the molecule is O=C(CCN1CCC(N(C(=O)O)c2ccccc2-c2ccccc2)CC1)NCC1CCCC(CNC[C@H](O)c2ccc(O)c3[nH]c(=O)ccc23)C1. The number of piperidine rings is 1. The molecule has 11 heteroatoms. The number of nitrogens with one attached hydrogen (secondary N) is 3. The van der Waals surface area contributed by atoms with Crippen LogP contribution >= 0.6 is 0 Å². The Balaban J connectivity index is 0.910. The predicted molar refractivity (Wildman–Crippen MR) is 199 cm³/mol. The summed E-state index contributed by atoms with van der Waals surface area (Å²) < 4.78 is 0. The van der Waals surface area contributed by atoms with E-state index in [1.54, 1.807) is 12.1 Å². The summed E-state index contributed by atoms with van der Waals surface area (Å²) in [5.74, 6) is 0.880. The van der Waals surface area contributed by atoms with Gasteiger partial charge in [0.1, 0.15) is 5.75 Å². The van der Waals surface area contributed by atoms with Crippen LogP contribution in [0, 0.1) is 11.8 Å². The van der Waals surface area contributed by atoms with Gasteiger partial charge in [-0.05, 0) is 79.8 Å². The molecule has 2 unspecified atom stereocenters. The van der Waals surface area contributed by atoms with Crippen LogP contribution in [0.5, 0.6) is 5.75 Å². The number of hydrogen-bond donors (Lipinski definition) is 6. The first-order chi connectivity index (χ1) is 24.8. The zero-order chi connectivity index (χ0) is 35.7. The van der Waals surface area contributed by atoms with Crippen LogP contribution in [0.25, 0.3) is 22.0 Å². The number of aromatic nitrogens is 1. The largest absolute Gasteiger partial charge is 0.506 e. The van der Waals surface area contributed by atoms with Crippen molar-refractivity contribution in [1.29, 1.82) is 0 Å². The number of aromatic amines is 1. The lowest BCUT2D eigenvalue weighted by Gasteiger charge is -2.37. The minimum atomic E-state index is -0.947. The maximum Gasteiger partial charge on any atom is 0.412 e. The molecule has 1 aliphatic heterocycles. The van der Waals surface area contributed by atoms with E-state index in [1.165, 1.54) is 17.0 Å². The van der Waals surface area contributed by atoms with Crippen molar-refractivity contribution >= 4 is 28.6 Å². The molecular weight excluding hydrogens is 646 g/mol. The highest BCUT2D eigenvalue weighted by Gasteiger charge is 2.31. The van der Waals surface area contributed by atoms with Crippen LogP contribution in [0.4, 0.5) is 10.5 Å². The number of aliphatic hydroxyl groups excluding tert-OH is 1.